The molecule has 0 aliphatic heterocycles. The van der Waals surface area contributed by atoms with Gasteiger partial charge >= 0.3 is 0 Å². The van der Waals surface area contributed by atoms with Crippen LogP contribution in [0.15, 0.2) is 12.2 Å². The van der Waals surface area contributed by atoms with Gasteiger partial charge in [0.2, 0.25) is 0 Å². The largest absolute Gasteiger partial charge is 0.183 e. The van der Waals surface area contributed by atoms with Crippen molar-refractivity contribution in [1.82, 2.24) is 0 Å². The summed E-state index contributed by atoms with van der Waals surface area (Å²) in [5.74, 6) is 0. The zero-order valence-corrected chi connectivity index (χ0v) is 4.67. The molecule has 1 N–H and O–H groups in total. The Labute approximate surface area is 48.4 Å². The molecule has 1 aliphatic rings. The molecule has 0 saturated carbocycles. The lowest BCUT2D eigenvalue weighted by molar-refractivity contribution is -1.92. The highest BCUT2D eigenvalue weighted by atomic mass is 35.7. The molecule has 5 heteroatoms. The van der Waals surface area contributed by atoms with Crippen molar-refractivity contribution < 1.29 is 28.9 Å². The van der Waals surface area contributed by atoms with Crippen molar-refractivity contribution in [2.45, 2.75) is 6.42 Å². The Hall–Kier alpha value is -0.130. The molecule has 0 atom stereocenters. The Bertz CT molecular complexity index is 73.8. The van der Waals surface area contributed by atoms with Crippen LogP contribution >= 0.6 is 0 Å². The molecule has 0 radical (unpaired) electrons. The van der Waals surface area contributed by atoms with Crippen molar-refractivity contribution in [2.75, 3.05) is 0 Å². The van der Waals surface area contributed by atoms with Gasteiger partial charge in [0.15, 0.2) is 0 Å². The highest BCUT2D eigenvalue weighted by Crippen LogP contribution is 1.96. The number of allylic oxidation sites excluding steroid dienone is 2. The topological polar surface area (TPSA) is 89.4 Å². The first kappa shape index (κ1) is 7.87. The van der Waals surface area contributed by atoms with Gasteiger partial charge in [-0.1, -0.05) is 12.2 Å². The summed E-state index contributed by atoms with van der Waals surface area (Å²) < 4.78 is 32.7. The number of halogens is 1. The summed E-state index contributed by atoms with van der Waals surface area (Å²) in [6.07, 6.45) is 5.50. The van der Waals surface area contributed by atoms with E-state index in [1.54, 1.807) is 0 Å². The molecule has 0 aromatic carbocycles. The van der Waals surface area contributed by atoms with Crippen LogP contribution < -0.4 is 14.0 Å². The second kappa shape index (κ2) is 3.01. The van der Waals surface area contributed by atoms with Crippen LogP contribution in [0.2, 0.25) is 0 Å². The minimum atomic E-state index is -4.69. The van der Waals surface area contributed by atoms with Crippen molar-refractivity contribution >= 4 is 0 Å². The van der Waals surface area contributed by atoms with Gasteiger partial charge in [0.1, 0.15) is 0 Å². The van der Waals surface area contributed by atoms with Gasteiger partial charge in [-0.05, 0) is 6.42 Å². The molecule has 0 aromatic heterocycles. The van der Waals surface area contributed by atoms with E-state index >= 15 is 0 Å². The summed E-state index contributed by atoms with van der Waals surface area (Å²) in [5, 5.41) is 0. The van der Waals surface area contributed by atoms with E-state index in [-0.39, 0.29) is 0 Å². The van der Waals surface area contributed by atoms with Crippen LogP contribution in [0.3, 0.4) is 0 Å². The van der Waals surface area contributed by atoms with Crippen LogP contribution in [0.4, 0.5) is 0 Å². The van der Waals surface area contributed by atoms with Gasteiger partial charge in [-0.15, -0.1) is 0 Å². The summed E-state index contributed by atoms with van der Waals surface area (Å²) in [5.41, 5.74) is 0. The average molecular weight is 141 g/mol. The van der Waals surface area contributed by atoms with Crippen LogP contribution in [0.25, 0.3) is 0 Å². The van der Waals surface area contributed by atoms with Crippen LogP contribution in [-0.4, -0.2) is 4.66 Å². The van der Waals surface area contributed by atoms with Gasteiger partial charge in [0.25, 0.3) is 0 Å². The van der Waals surface area contributed by atoms with Crippen molar-refractivity contribution in [3.05, 3.63) is 12.2 Å². The van der Waals surface area contributed by atoms with Gasteiger partial charge in [0.05, 0.1) is 14.9 Å². The lowest BCUT2D eigenvalue weighted by Crippen LogP contribution is -2.58. The minimum Gasteiger partial charge on any atom is -0.183 e. The molecule has 0 heterocycles. The third kappa shape index (κ3) is 184. The normalized spacial score (nSPS) is 14.5. The predicted octanol–water partition coefficient (Wildman–Crippen LogP) is -3.18. The molecule has 0 amide bonds. The maximum absolute atomic E-state index is 8.60. The molecule has 1 rings (SSSR count). The fraction of sp³-hybridized carbons (Fsp3) is 0.333. The molecule has 0 unspecified atom stereocenters. The first-order valence-electron chi connectivity index (χ1n) is 1.78. The predicted molar refractivity (Wildman–Crippen MR) is 16.0 cm³/mol. The third-order valence-corrected chi connectivity index (χ3v) is 0.236. The average Bonchev–Trinajstić information content (AvgIpc) is 1.95. The first-order valence-corrected chi connectivity index (χ1v) is 3.05. The molecule has 8 heavy (non-hydrogen) atoms. The second-order valence-corrected chi connectivity index (χ2v) is 1.90. The molecular weight excluding hydrogens is 135 g/mol. The van der Waals surface area contributed by atoms with Gasteiger partial charge in [-0.3, -0.25) is 0 Å². The van der Waals surface area contributed by atoms with E-state index in [0.29, 0.717) is 0 Å². The van der Waals surface area contributed by atoms with E-state index in [2.05, 4.69) is 12.2 Å². The maximum Gasteiger partial charge on any atom is 0.0777 e. The Balaban J connectivity index is 0.000000135. The van der Waals surface area contributed by atoms with Crippen LogP contribution in [0.5, 0.6) is 0 Å². The van der Waals surface area contributed by atoms with Gasteiger partial charge < -0.3 is 0 Å². The lowest BCUT2D eigenvalue weighted by atomic mass is 10.9. The first-order chi connectivity index (χ1) is 3.50. The third-order valence-electron chi connectivity index (χ3n) is 0.236. The fourth-order valence-corrected chi connectivity index (χ4v) is 0. The zero-order valence-electron chi connectivity index (χ0n) is 3.91. The molecular formula is C3H5ClO4. The van der Waals surface area contributed by atoms with Gasteiger partial charge in [-0.2, -0.15) is 14.0 Å². The Kier molecular flexibility index (Phi) is 2.96. The van der Waals surface area contributed by atoms with E-state index in [4.69, 9.17) is 18.6 Å². The summed E-state index contributed by atoms with van der Waals surface area (Å²) >= 11 is 0. The van der Waals surface area contributed by atoms with E-state index in [1.165, 1.54) is 6.42 Å². The van der Waals surface area contributed by atoms with Crippen molar-refractivity contribution in [2.24, 2.45) is 0 Å². The van der Waals surface area contributed by atoms with Crippen LogP contribution in [-0.2, 0) is 0 Å². The molecule has 0 fully saturated rings. The standard InChI is InChI=1S/C3H4.ClHO4/c1-2-3-1;2-1(3,4)5/h1-2H,3H2;(H,2,3,4,5). The Morgan fingerprint density at radius 2 is 1.38 bits per heavy atom. The van der Waals surface area contributed by atoms with Crippen LogP contribution in [0, 0.1) is 10.2 Å². The van der Waals surface area contributed by atoms with Crippen molar-refractivity contribution in [1.29, 1.82) is 0 Å². The second-order valence-electron chi connectivity index (χ2n) is 1.10. The number of rotatable bonds is 0. The fourth-order valence-electron chi connectivity index (χ4n) is 0. The summed E-state index contributed by atoms with van der Waals surface area (Å²) in [6, 6.07) is 0. The highest BCUT2D eigenvalue weighted by Gasteiger charge is 1.98. The van der Waals surface area contributed by atoms with Crippen molar-refractivity contribution in [3.63, 3.8) is 0 Å². The molecule has 0 bridgehead atoms. The molecule has 0 spiro atoms. The van der Waals surface area contributed by atoms with Gasteiger partial charge in [-0.25, -0.2) is 0 Å². The molecule has 48 valence electrons. The van der Waals surface area contributed by atoms with E-state index in [0.717, 1.165) is 0 Å². The quantitative estimate of drug-likeness (QED) is 0.360. The monoisotopic (exact) mass is 140 g/mol. The number of hydrogen-bond acceptors (Lipinski definition) is 4. The highest BCUT2D eigenvalue weighted by molar-refractivity contribution is 5.02. The van der Waals surface area contributed by atoms with E-state index < -0.39 is 10.2 Å². The molecule has 0 aromatic rings. The molecule has 0 saturated heterocycles. The van der Waals surface area contributed by atoms with Crippen molar-refractivity contribution in [3.8, 4) is 0 Å². The minimum absolute atomic E-state index is 1.25. The summed E-state index contributed by atoms with van der Waals surface area (Å²) in [6.45, 7) is 0. The summed E-state index contributed by atoms with van der Waals surface area (Å²) in [7, 11) is -4.69. The SMILES string of the molecule is C1=CC1.[O-][Cl+3]([O-])([O-])O. The van der Waals surface area contributed by atoms with E-state index in [9.17, 15) is 0 Å². The lowest BCUT2D eigenvalue weighted by Gasteiger charge is -2.03. The molecule has 4 nitrogen and oxygen atoms in total. The zero-order chi connectivity index (χ0) is 6.62. The van der Waals surface area contributed by atoms with Gasteiger partial charge in [0, 0.05) is 0 Å². The van der Waals surface area contributed by atoms with Crippen LogP contribution in [0.1, 0.15) is 6.42 Å². The molecule has 1 aliphatic carbocycles. The Morgan fingerprint density at radius 1 is 1.25 bits per heavy atom. The van der Waals surface area contributed by atoms with E-state index in [1.807, 2.05) is 0 Å². The smallest absolute Gasteiger partial charge is 0.0777 e. The summed E-state index contributed by atoms with van der Waals surface area (Å²) in [4.78, 5) is 0. The number of hydrogen-bond donors (Lipinski definition) is 1. The maximum atomic E-state index is 8.60. The Morgan fingerprint density at radius 3 is 1.38 bits per heavy atom.